The second kappa shape index (κ2) is 3.11. The lowest BCUT2D eigenvalue weighted by Gasteiger charge is -2.16. The van der Waals surface area contributed by atoms with Gasteiger partial charge in [-0.2, -0.15) is 0 Å². The largest absolute Gasteiger partial charge is 0.213 e. The van der Waals surface area contributed by atoms with E-state index in [9.17, 15) is 8.42 Å². The van der Waals surface area contributed by atoms with Crippen molar-refractivity contribution in [3.05, 3.63) is 0 Å². The maximum Gasteiger partial charge on any atom is 0.211 e. The van der Waals surface area contributed by atoms with Gasteiger partial charge in [-0.3, -0.25) is 0 Å². The zero-order valence-electron chi connectivity index (χ0n) is 7.08. The Morgan fingerprint density at radius 3 is 2.27 bits per heavy atom. The lowest BCUT2D eigenvalue weighted by Crippen LogP contribution is -2.31. The van der Waals surface area contributed by atoms with Crippen molar-refractivity contribution in [3.8, 4) is 0 Å². The van der Waals surface area contributed by atoms with Crippen molar-refractivity contribution in [3.63, 3.8) is 0 Å². The van der Waals surface area contributed by atoms with Crippen LogP contribution in [0.2, 0.25) is 0 Å². The van der Waals surface area contributed by atoms with E-state index in [0.29, 0.717) is 12.5 Å². The molecular formula is C7H15NO2S. The van der Waals surface area contributed by atoms with E-state index in [1.165, 1.54) is 19.1 Å². The summed E-state index contributed by atoms with van der Waals surface area (Å²) in [4.78, 5) is 0. The monoisotopic (exact) mass is 177 g/mol. The standard InChI is InChI=1S/C7H15NO2S/c1-3-8(11(2,9)10)6-7-4-5-7/h7H,3-6H2,1-2H3. The summed E-state index contributed by atoms with van der Waals surface area (Å²) >= 11 is 0. The van der Waals surface area contributed by atoms with Crippen LogP contribution in [0.3, 0.4) is 0 Å². The Kier molecular flexibility index (Phi) is 2.54. The van der Waals surface area contributed by atoms with E-state index >= 15 is 0 Å². The molecule has 0 heterocycles. The fourth-order valence-corrected chi connectivity index (χ4v) is 2.04. The zero-order chi connectivity index (χ0) is 8.48. The first-order valence-electron chi connectivity index (χ1n) is 3.99. The van der Waals surface area contributed by atoms with Crippen LogP contribution in [0.5, 0.6) is 0 Å². The minimum atomic E-state index is -2.94. The maximum atomic E-state index is 11.1. The van der Waals surface area contributed by atoms with Gasteiger partial charge >= 0.3 is 0 Å². The normalized spacial score (nSPS) is 19.2. The number of sulfonamides is 1. The molecular weight excluding hydrogens is 162 g/mol. The van der Waals surface area contributed by atoms with Crippen LogP contribution in [0.15, 0.2) is 0 Å². The Labute approximate surface area is 68.4 Å². The summed E-state index contributed by atoms with van der Waals surface area (Å²) in [5.41, 5.74) is 0. The third-order valence-electron chi connectivity index (χ3n) is 1.98. The highest BCUT2D eigenvalue weighted by Crippen LogP contribution is 2.30. The summed E-state index contributed by atoms with van der Waals surface area (Å²) < 4.78 is 23.6. The lowest BCUT2D eigenvalue weighted by molar-refractivity contribution is 0.416. The fraction of sp³-hybridized carbons (Fsp3) is 1.00. The van der Waals surface area contributed by atoms with Crippen molar-refractivity contribution >= 4 is 10.0 Å². The van der Waals surface area contributed by atoms with Crippen molar-refractivity contribution in [1.29, 1.82) is 0 Å². The van der Waals surface area contributed by atoms with Crippen LogP contribution in [-0.2, 0) is 10.0 Å². The van der Waals surface area contributed by atoms with E-state index in [4.69, 9.17) is 0 Å². The van der Waals surface area contributed by atoms with Crippen molar-refractivity contribution in [2.24, 2.45) is 5.92 Å². The van der Waals surface area contributed by atoms with Crippen LogP contribution in [-0.4, -0.2) is 32.1 Å². The van der Waals surface area contributed by atoms with Crippen LogP contribution in [0.25, 0.3) is 0 Å². The highest BCUT2D eigenvalue weighted by molar-refractivity contribution is 7.88. The Morgan fingerprint density at radius 2 is 2.00 bits per heavy atom. The summed E-state index contributed by atoms with van der Waals surface area (Å²) in [6, 6.07) is 0. The molecule has 0 spiro atoms. The van der Waals surface area contributed by atoms with E-state index < -0.39 is 10.0 Å². The molecule has 1 aliphatic carbocycles. The van der Waals surface area contributed by atoms with Gasteiger partial charge in [0, 0.05) is 13.1 Å². The summed E-state index contributed by atoms with van der Waals surface area (Å²) in [6.45, 7) is 3.22. The minimum Gasteiger partial charge on any atom is -0.213 e. The smallest absolute Gasteiger partial charge is 0.211 e. The molecule has 66 valence electrons. The molecule has 1 saturated carbocycles. The van der Waals surface area contributed by atoms with Gasteiger partial charge in [0.25, 0.3) is 0 Å². The Balaban J connectivity index is 2.48. The topological polar surface area (TPSA) is 37.4 Å². The molecule has 0 radical (unpaired) electrons. The van der Waals surface area contributed by atoms with Crippen LogP contribution in [0.4, 0.5) is 0 Å². The molecule has 4 heteroatoms. The second-order valence-electron chi connectivity index (χ2n) is 3.16. The van der Waals surface area contributed by atoms with Crippen LogP contribution in [0.1, 0.15) is 19.8 Å². The van der Waals surface area contributed by atoms with Gasteiger partial charge in [-0.15, -0.1) is 0 Å². The molecule has 3 nitrogen and oxygen atoms in total. The van der Waals surface area contributed by atoms with Gasteiger partial charge in [0.05, 0.1) is 6.26 Å². The van der Waals surface area contributed by atoms with Gasteiger partial charge in [-0.05, 0) is 18.8 Å². The average molecular weight is 177 g/mol. The molecule has 0 amide bonds. The molecule has 0 N–H and O–H groups in total. The van der Waals surface area contributed by atoms with Crippen LogP contribution in [0, 0.1) is 5.92 Å². The second-order valence-corrected chi connectivity index (χ2v) is 5.14. The number of rotatable bonds is 4. The molecule has 1 fully saturated rings. The molecule has 0 aromatic rings. The average Bonchev–Trinajstić information content (AvgIpc) is 2.62. The molecule has 0 aliphatic heterocycles. The zero-order valence-corrected chi connectivity index (χ0v) is 7.89. The van der Waals surface area contributed by atoms with Gasteiger partial charge in [0.15, 0.2) is 0 Å². The molecule has 1 aliphatic rings. The first-order valence-corrected chi connectivity index (χ1v) is 5.84. The Bertz CT molecular complexity index is 219. The number of hydrogen-bond acceptors (Lipinski definition) is 2. The maximum absolute atomic E-state index is 11.1. The van der Waals surface area contributed by atoms with Crippen molar-refractivity contribution in [2.45, 2.75) is 19.8 Å². The van der Waals surface area contributed by atoms with Gasteiger partial charge in [0.2, 0.25) is 10.0 Å². The predicted octanol–water partition coefficient (Wildman–Crippen LogP) is 0.678. The quantitative estimate of drug-likeness (QED) is 0.633. The first-order chi connectivity index (χ1) is 5.04. The van der Waals surface area contributed by atoms with Crippen LogP contribution < -0.4 is 0 Å². The molecule has 1 rings (SSSR count). The third-order valence-corrected chi connectivity index (χ3v) is 3.33. The number of nitrogens with zero attached hydrogens (tertiary/aromatic N) is 1. The van der Waals surface area contributed by atoms with E-state index in [1.54, 1.807) is 4.31 Å². The summed E-state index contributed by atoms with van der Waals surface area (Å²) in [6.07, 6.45) is 3.68. The molecule has 0 unspecified atom stereocenters. The van der Waals surface area contributed by atoms with Gasteiger partial charge in [0.1, 0.15) is 0 Å². The first kappa shape index (κ1) is 9.00. The van der Waals surface area contributed by atoms with Crippen molar-refractivity contribution in [2.75, 3.05) is 19.3 Å². The van der Waals surface area contributed by atoms with Gasteiger partial charge in [-0.1, -0.05) is 6.92 Å². The lowest BCUT2D eigenvalue weighted by atomic mass is 10.4. The molecule has 0 aromatic carbocycles. The molecule has 0 saturated heterocycles. The van der Waals surface area contributed by atoms with Gasteiger partial charge < -0.3 is 0 Å². The number of hydrogen-bond donors (Lipinski definition) is 0. The van der Waals surface area contributed by atoms with E-state index in [0.717, 1.165) is 6.54 Å². The third kappa shape index (κ3) is 2.79. The summed E-state index contributed by atoms with van der Waals surface area (Å²) in [5.74, 6) is 0.643. The Hall–Kier alpha value is -0.0900. The minimum absolute atomic E-state index is 0.606. The summed E-state index contributed by atoms with van der Waals surface area (Å²) in [7, 11) is -2.94. The van der Waals surface area contributed by atoms with Crippen molar-refractivity contribution < 1.29 is 8.42 Å². The van der Waals surface area contributed by atoms with Crippen molar-refractivity contribution in [1.82, 2.24) is 4.31 Å². The van der Waals surface area contributed by atoms with Gasteiger partial charge in [-0.25, -0.2) is 12.7 Å². The fourth-order valence-electron chi connectivity index (χ4n) is 1.09. The molecule has 0 bridgehead atoms. The van der Waals surface area contributed by atoms with E-state index in [-0.39, 0.29) is 0 Å². The Morgan fingerprint density at radius 1 is 1.45 bits per heavy atom. The SMILES string of the molecule is CCN(CC1CC1)S(C)(=O)=O. The highest BCUT2D eigenvalue weighted by Gasteiger charge is 2.27. The van der Waals surface area contributed by atoms with E-state index in [2.05, 4.69) is 0 Å². The molecule has 0 atom stereocenters. The highest BCUT2D eigenvalue weighted by atomic mass is 32.2. The summed E-state index contributed by atoms with van der Waals surface area (Å²) in [5, 5.41) is 0. The predicted molar refractivity (Wildman–Crippen MR) is 44.8 cm³/mol. The van der Waals surface area contributed by atoms with E-state index in [1.807, 2.05) is 6.92 Å². The molecule has 0 aromatic heterocycles. The molecule has 11 heavy (non-hydrogen) atoms. The van der Waals surface area contributed by atoms with Crippen LogP contribution >= 0.6 is 0 Å².